The van der Waals surface area contributed by atoms with Crippen LogP contribution in [0.1, 0.15) is 0 Å². The van der Waals surface area contributed by atoms with Gasteiger partial charge in [-0.1, -0.05) is 39.1 Å². The lowest BCUT2D eigenvalue weighted by molar-refractivity contribution is 1.15. The van der Waals surface area contributed by atoms with Crippen LogP contribution in [0, 0.1) is 0 Å². The third-order valence-corrected chi connectivity index (χ3v) is 3.23. The average molecular weight is 348 g/mol. The molecule has 1 heterocycles. The zero-order valence-electron chi connectivity index (χ0n) is 9.34. The second-order valence-electron chi connectivity index (χ2n) is 3.39. The summed E-state index contributed by atoms with van der Waals surface area (Å²) < 4.78 is 0.905. The summed E-state index contributed by atoms with van der Waals surface area (Å²) in [4.78, 5) is 8.21. The van der Waals surface area contributed by atoms with Crippen LogP contribution in [0.25, 0.3) is 0 Å². The van der Waals surface area contributed by atoms with E-state index < -0.39 is 0 Å². The lowest BCUT2D eigenvalue weighted by atomic mass is 10.3. The van der Waals surface area contributed by atoms with Gasteiger partial charge in [0.2, 0.25) is 5.95 Å². The van der Waals surface area contributed by atoms with Gasteiger partial charge >= 0.3 is 0 Å². The van der Waals surface area contributed by atoms with Gasteiger partial charge in [-0.15, -0.1) is 0 Å². The maximum Gasteiger partial charge on any atom is 0.224 e. The average Bonchev–Trinajstić information content (AvgIpc) is 2.35. The predicted octanol–water partition coefficient (Wildman–Crippen LogP) is 4.33. The molecular formula is C11H9BrCl2N4. The molecule has 0 unspecified atom stereocenters. The van der Waals surface area contributed by atoms with Crippen molar-refractivity contribution in [3.63, 3.8) is 0 Å². The summed E-state index contributed by atoms with van der Waals surface area (Å²) in [6.45, 7) is 0. The molecule has 94 valence electrons. The minimum atomic E-state index is 0.424. The summed E-state index contributed by atoms with van der Waals surface area (Å²) in [7, 11) is 1.74. The first kappa shape index (κ1) is 13.4. The molecule has 2 N–H and O–H groups in total. The van der Waals surface area contributed by atoms with Gasteiger partial charge in [0, 0.05) is 11.5 Å². The summed E-state index contributed by atoms with van der Waals surface area (Å²) in [5.74, 6) is 0.982. The first-order valence-corrected chi connectivity index (χ1v) is 6.57. The number of nitrogens with zero attached hydrogens (tertiary/aromatic N) is 2. The zero-order valence-corrected chi connectivity index (χ0v) is 12.4. The molecular weight excluding hydrogens is 339 g/mol. The van der Waals surface area contributed by atoms with E-state index in [1.54, 1.807) is 13.1 Å². The largest absolute Gasteiger partial charge is 0.357 e. The Hall–Kier alpha value is -1.04. The molecule has 0 spiro atoms. The number of anilines is 3. The smallest absolute Gasteiger partial charge is 0.224 e. The molecule has 2 rings (SSSR count). The van der Waals surface area contributed by atoms with E-state index in [2.05, 4.69) is 36.5 Å². The Bertz CT molecular complexity index is 577. The van der Waals surface area contributed by atoms with Crippen molar-refractivity contribution >= 4 is 56.6 Å². The summed E-state index contributed by atoms with van der Waals surface area (Å²) in [6.07, 6.45) is 1.52. The minimum absolute atomic E-state index is 0.424. The molecule has 1 aromatic heterocycles. The van der Waals surface area contributed by atoms with Crippen molar-refractivity contribution in [1.82, 2.24) is 9.97 Å². The lowest BCUT2D eigenvalue weighted by Gasteiger charge is -2.10. The Morgan fingerprint density at radius 1 is 1.22 bits per heavy atom. The van der Waals surface area contributed by atoms with Gasteiger partial charge < -0.3 is 10.6 Å². The van der Waals surface area contributed by atoms with E-state index in [0.29, 0.717) is 21.8 Å². The van der Waals surface area contributed by atoms with Gasteiger partial charge in [0.25, 0.3) is 0 Å². The predicted molar refractivity (Wildman–Crippen MR) is 79.0 cm³/mol. The number of aromatic nitrogens is 2. The molecule has 0 bridgehead atoms. The van der Waals surface area contributed by atoms with Crippen molar-refractivity contribution in [2.24, 2.45) is 0 Å². The second-order valence-corrected chi connectivity index (χ2v) is 5.12. The van der Waals surface area contributed by atoms with E-state index in [9.17, 15) is 0 Å². The topological polar surface area (TPSA) is 49.8 Å². The molecule has 0 amide bonds. The fourth-order valence-corrected chi connectivity index (χ4v) is 2.15. The first-order valence-electron chi connectivity index (χ1n) is 5.02. The van der Waals surface area contributed by atoms with E-state index in [0.717, 1.165) is 10.2 Å². The van der Waals surface area contributed by atoms with Crippen molar-refractivity contribution < 1.29 is 0 Å². The van der Waals surface area contributed by atoms with Crippen molar-refractivity contribution in [3.05, 3.63) is 38.9 Å². The summed E-state index contributed by atoms with van der Waals surface area (Å²) in [5, 5.41) is 6.91. The highest BCUT2D eigenvalue weighted by atomic mass is 79.9. The van der Waals surface area contributed by atoms with Gasteiger partial charge in [-0.3, -0.25) is 0 Å². The molecule has 7 heteroatoms. The SMILES string of the molecule is CNc1ncc(Cl)c(Nc2ccc(Br)cc2Cl)n1. The Morgan fingerprint density at radius 2 is 2.00 bits per heavy atom. The Morgan fingerprint density at radius 3 is 2.67 bits per heavy atom. The number of benzene rings is 1. The molecule has 0 aliphatic heterocycles. The second kappa shape index (κ2) is 5.73. The van der Waals surface area contributed by atoms with Crippen LogP contribution < -0.4 is 10.6 Å². The van der Waals surface area contributed by atoms with Crippen LogP contribution in [0.15, 0.2) is 28.9 Å². The molecule has 1 aromatic carbocycles. The van der Waals surface area contributed by atoms with Crippen molar-refractivity contribution in [2.45, 2.75) is 0 Å². The molecule has 0 aliphatic rings. The third kappa shape index (κ3) is 3.04. The Balaban J connectivity index is 2.33. The molecule has 2 aromatic rings. The van der Waals surface area contributed by atoms with E-state index in [1.165, 1.54) is 6.20 Å². The van der Waals surface area contributed by atoms with Crippen molar-refractivity contribution in [3.8, 4) is 0 Å². The lowest BCUT2D eigenvalue weighted by Crippen LogP contribution is -2.01. The van der Waals surface area contributed by atoms with Crippen LogP contribution in [0.2, 0.25) is 10.0 Å². The van der Waals surface area contributed by atoms with E-state index >= 15 is 0 Å². The van der Waals surface area contributed by atoms with Crippen LogP contribution >= 0.6 is 39.1 Å². The molecule has 0 atom stereocenters. The number of halogens is 3. The zero-order chi connectivity index (χ0) is 13.1. The molecule has 4 nitrogen and oxygen atoms in total. The number of rotatable bonds is 3. The van der Waals surface area contributed by atoms with Gasteiger partial charge in [0.15, 0.2) is 5.82 Å². The Kier molecular flexibility index (Phi) is 4.27. The van der Waals surface area contributed by atoms with Gasteiger partial charge in [-0.2, -0.15) is 4.98 Å². The third-order valence-electron chi connectivity index (χ3n) is 2.15. The summed E-state index contributed by atoms with van der Waals surface area (Å²) >= 11 is 15.5. The van der Waals surface area contributed by atoms with Gasteiger partial charge in [0.05, 0.1) is 16.9 Å². The monoisotopic (exact) mass is 346 g/mol. The highest BCUT2D eigenvalue weighted by molar-refractivity contribution is 9.10. The van der Waals surface area contributed by atoms with E-state index in [1.807, 2.05) is 12.1 Å². The molecule has 18 heavy (non-hydrogen) atoms. The first-order chi connectivity index (χ1) is 8.60. The van der Waals surface area contributed by atoms with Gasteiger partial charge in [-0.25, -0.2) is 4.98 Å². The highest BCUT2D eigenvalue weighted by Crippen LogP contribution is 2.30. The van der Waals surface area contributed by atoms with Gasteiger partial charge in [0.1, 0.15) is 5.02 Å². The number of hydrogen-bond donors (Lipinski definition) is 2. The van der Waals surface area contributed by atoms with Crippen LogP contribution in [0.3, 0.4) is 0 Å². The molecule has 0 saturated carbocycles. The fourth-order valence-electron chi connectivity index (χ4n) is 1.29. The molecule has 0 fully saturated rings. The van der Waals surface area contributed by atoms with Crippen molar-refractivity contribution in [1.29, 1.82) is 0 Å². The molecule has 0 aliphatic carbocycles. The van der Waals surface area contributed by atoms with Gasteiger partial charge in [-0.05, 0) is 18.2 Å². The van der Waals surface area contributed by atoms with Crippen molar-refractivity contribution in [2.75, 3.05) is 17.7 Å². The standard InChI is InChI=1S/C11H9BrCl2N4/c1-15-11-16-5-8(14)10(18-11)17-9-3-2-6(12)4-7(9)13/h2-5H,1H3,(H2,15,16,17,18). The Labute approximate surface area is 123 Å². The highest BCUT2D eigenvalue weighted by Gasteiger charge is 2.07. The van der Waals surface area contributed by atoms with E-state index in [-0.39, 0.29) is 0 Å². The number of nitrogens with one attached hydrogen (secondary N) is 2. The number of hydrogen-bond acceptors (Lipinski definition) is 4. The van der Waals surface area contributed by atoms with Crippen LogP contribution in [-0.4, -0.2) is 17.0 Å². The molecule has 0 radical (unpaired) electrons. The normalized spacial score (nSPS) is 10.2. The minimum Gasteiger partial charge on any atom is -0.357 e. The quantitative estimate of drug-likeness (QED) is 0.867. The van der Waals surface area contributed by atoms with E-state index in [4.69, 9.17) is 23.2 Å². The van der Waals surface area contributed by atoms with Crippen LogP contribution in [0.4, 0.5) is 17.5 Å². The summed E-state index contributed by atoms with van der Waals surface area (Å²) in [5.41, 5.74) is 0.725. The maximum absolute atomic E-state index is 6.11. The van der Waals surface area contributed by atoms with Crippen LogP contribution in [0.5, 0.6) is 0 Å². The maximum atomic E-state index is 6.11. The molecule has 0 saturated heterocycles. The van der Waals surface area contributed by atoms with Crippen LogP contribution in [-0.2, 0) is 0 Å². The fraction of sp³-hybridized carbons (Fsp3) is 0.0909. The summed E-state index contributed by atoms with van der Waals surface area (Å²) in [6, 6.07) is 5.50.